The number of aliphatic hydroxyl groups excluding tert-OH is 1. The molecule has 4 nitrogen and oxygen atoms in total. The van der Waals surface area contributed by atoms with Crippen molar-refractivity contribution in [3.8, 4) is 11.8 Å². The first-order chi connectivity index (χ1) is 9.13. The van der Waals surface area contributed by atoms with Gasteiger partial charge in [0.25, 0.3) is 0 Å². The first-order valence-electron chi connectivity index (χ1n) is 6.61. The smallest absolute Gasteiger partial charge is 0.123 e. The number of likely N-dealkylation sites (tertiary alicyclic amines) is 1. The number of hydrogen-bond acceptors (Lipinski definition) is 4. The summed E-state index contributed by atoms with van der Waals surface area (Å²) in [4.78, 5) is 2.30. The summed E-state index contributed by atoms with van der Waals surface area (Å²) in [5, 5.41) is 18.6. The summed E-state index contributed by atoms with van der Waals surface area (Å²) in [6, 6.07) is 7.65. The van der Waals surface area contributed by atoms with E-state index in [0.717, 1.165) is 37.4 Å². The second-order valence-electron chi connectivity index (χ2n) is 5.16. The standard InChI is InChI=1S/C15H20N2O2/c1-11(18)13-5-6-17(9-13)10-14-7-12(8-16)3-4-15(14)19-2/h3-4,7,11,13,18H,5-6,9-10H2,1-2H3. The van der Waals surface area contributed by atoms with Gasteiger partial charge < -0.3 is 9.84 Å². The second-order valence-corrected chi connectivity index (χ2v) is 5.16. The molecule has 1 aromatic carbocycles. The number of nitrogens with zero attached hydrogens (tertiary/aromatic N) is 2. The summed E-state index contributed by atoms with van der Waals surface area (Å²) in [6.07, 6.45) is 0.773. The van der Waals surface area contributed by atoms with Crippen LogP contribution in [0.25, 0.3) is 0 Å². The summed E-state index contributed by atoms with van der Waals surface area (Å²) < 4.78 is 5.34. The zero-order valence-electron chi connectivity index (χ0n) is 11.5. The van der Waals surface area contributed by atoms with Crippen molar-refractivity contribution in [1.82, 2.24) is 4.90 Å². The van der Waals surface area contributed by atoms with Gasteiger partial charge in [0.2, 0.25) is 0 Å². The van der Waals surface area contributed by atoms with E-state index in [9.17, 15) is 5.11 Å². The van der Waals surface area contributed by atoms with Gasteiger partial charge in [0.05, 0.1) is 24.8 Å². The number of benzene rings is 1. The van der Waals surface area contributed by atoms with E-state index in [4.69, 9.17) is 10.00 Å². The van der Waals surface area contributed by atoms with Gasteiger partial charge in [-0.1, -0.05) is 0 Å². The maximum atomic E-state index is 9.62. The minimum atomic E-state index is -0.252. The Bertz CT molecular complexity index is 480. The maximum Gasteiger partial charge on any atom is 0.123 e. The number of nitriles is 1. The van der Waals surface area contributed by atoms with Gasteiger partial charge in [0, 0.05) is 18.7 Å². The van der Waals surface area contributed by atoms with Crippen molar-refractivity contribution < 1.29 is 9.84 Å². The molecule has 102 valence electrons. The van der Waals surface area contributed by atoms with E-state index in [1.54, 1.807) is 13.2 Å². The Hall–Kier alpha value is -1.57. The Kier molecular flexibility index (Phi) is 4.41. The highest BCUT2D eigenvalue weighted by Gasteiger charge is 2.26. The van der Waals surface area contributed by atoms with Gasteiger partial charge in [-0.05, 0) is 44.0 Å². The number of rotatable bonds is 4. The second kappa shape index (κ2) is 6.05. The van der Waals surface area contributed by atoms with E-state index in [2.05, 4.69) is 11.0 Å². The fourth-order valence-electron chi connectivity index (χ4n) is 2.61. The Morgan fingerprint density at radius 1 is 1.58 bits per heavy atom. The highest BCUT2D eigenvalue weighted by atomic mass is 16.5. The SMILES string of the molecule is COc1ccc(C#N)cc1CN1CCC(C(C)O)C1. The van der Waals surface area contributed by atoms with Gasteiger partial charge in [0.1, 0.15) is 5.75 Å². The summed E-state index contributed by atoms with van der Waals surface area (Å²) >= 11 is 0. The topological polar surface area (TPSA) is 56.5 Å². The highest BCUT2D eigenvalue weighted by molar-refractivity contribution is 5.42. The predicted molar refractivity (Wildman–Crippen MR) is 72.8 cm³/mol. The van der Waals surface area contributed by atoms with Crippen LogP contribution in [0.2, 0.25) is 0 Å². The first-order valence-corrected chi connectivity index (χ1v) is 6.61. The third kappa shape index (κ3) is 3.25. The third-order valence-electron chi connectivity index (χ3n) is 3.79. The Balaban J connectivity index is 2.09. The Labute approximate surface area is 114 Å². The molecule has 4 heteroatoms. The average molecular weight is 260 g/mol. The molecule has 2 rings (SSSR count). The molecule has 1 saturated heterocycles. The number of ether oxygens (including phenoxy) is 1. The Morgan fingerprint density at radius 2 is 2.37 bits per heavy atom. The summed E-state index contributed by atoms with van der Waals surface area (Å²) in [5.74, 6) is 1.17. The van der Waals surface area contributed by atoms with E-state index < -0.39 is 0 Å². The highest BCUT2D eigenvalue weighted by Crippen LogP contribution is 2.26. The lowest BCUT2D eigenvalue weighted by Crippen LogP contribution is -2.24. The van der Waals surface area contributed by atoms with Crippen molar-refractivity contribution >= 4 is 0 Å². The molecule has 0 spiro atoms. The molecule has 0 bridgehead atoms. The lowest BCUT2D eigenvalue weighted by Gasteiger charge is -2.19. The minimum Gasteiger partial charge on any atom is -0.496 e. The monoisotopic (exact) mass is 260 g/mol. The molecule has 1 heterocycles. The molecule has 0 radical (unpaired) electrons. The van der Waals surface area contributed by atoms with Gasteiger partial charge in [-0.3, -0.25) is 4.90 Å². The van der Waals surface area contributed by atoms with E-state index in [-0.39, 0.29) is 6.10 Å². The van der Waals surface area contributed by atoms with Crippen LogP contribution >= 0.6 is 0 Å². The van der Waals surface area contributed by atoms with Crippen molar-refractivity contribution in [3.05, 3.63) is 29.3 Å². The van der Waals surface area contributed by atoms with Gasteiger partial charge in [-0.2, -0.15) is 5.26 Å². The maximum absolute atomic E-state index is 9.62. The zero-order valence-corrected chi connectivity index (χ0v) is 11.5. The van der Waals surface area contributed by atoms with Crippen LogP contribution in [0, 0.1) is 17.2 Å². The van der Waals surface area contributed by atoms with Gasteiger partial charge >= 0.3 is 0 Å². The molecule has 2 unspecified atom stereocenters. The van der Waals surface area contributed by atoms with Crippen LogP contribution in [0.1, 0.15) is 24.5 Å². The van der Waals surface area contributed by atoms with Crippen molar-refractivity contribution in [2.24, 2.45) is 5.92 Å². The van der Waals surface area contributed by atoms with E-state index in [1.807, 2.05) is 19.1 Å². The largest absolute Gasteiger partial charge is 0.496 e. The number of methoxy groups -OCH3 is 1. The lowest BCUT2D eigenvalue weighted by molar-refractivity contribution is 0.127. The summed E-state index contributed by atoms with van der Waals surface area (Å²) in [7, 11) is 1.65. The van der Waals surface area contributed by atoms with Gasteiger partial charge in [-0.25, -0.2) is 0 Å². The molecule has 1 fully saturated rings. The normalized spacial score (nSPS) is 21.1. The molecular weight excluding hydrogens is 240 g/mol. The average Bonchev–Trinajstić information content (AvgIpc) is 2.87. The fraction of sp³-hybridized carbons (Fsp3) is 0.533. The summed E-state index contributed by atoms with van der Waals surface area (Å²) in [6.45, 7) is 4.50. The minimum absolute atomic E-state index is 0.252. The van der Waals surface area contributed by atoms with Crippen LogP contribution in [0.5, 0.6) is 5.75 Å². The number of aliphatic hydroxyl groups is 1. The van der Waals surface area contributed by atoms with Crippen LogP contribution in [0.3, 0.4) is 0 Å². The van der Waals surface area contributed by atoms with Crippen molar-refractivity contribution in [2.75, 3.05) is 20.2 Å². The van der Waals surface area contributed by atoms with Crippen LogP contribution in [-0.2, 0) is 6.54 Å². The zero-order chi connectivity index (χ0) is 13.8. The van der Waals surface area contributed by atoms with Crippen molar-refractivity contribution in [1.29, 1.82) is 5.26 Å². The fourth-order valence-corrected chi connectivity index (χ4v) is 2.61. The molecule has 1 aliphatic heterocycles. The summed E-state index contributed by atoms with van der Waals surface area (Å²) in [5.41, 5.74) is 1.69. The molecule has 0 aromatic heterocycles. The van der Waals surface area contributed by atoms with Crippen molar-refractivity contribution in [2.45, 2.75) is 26.0 Å². The molecule has 2 atom stereocenters. The molecule has 1 aromatic rings. The molecule has 1 aliphatic rings. The van der Waals surface area contributed by atoms with E-state index >= 15 is 0 Å². The Morgan fingerprint density at radius 3 is 2.95 bits per heavy atom. The molecular formula is C15H20N2O2. The number of hydrogen-bond donors (Lipinski definition) is 1. The quantitative estimate of drug-likeness (QED) is 0.896. The lowest BCUT2D eigenvalue weighted by atomic mass is 10.0. The predicted octanol–water partition coefficient (Wildman–Crippen LogP) is 1.77. The molecule has 0 amide bonds. The van der Waals surface area contributed by atoms with Crippen LogP contribution in [0.15, 0.2) is 18.2 Å². The van der Waals surface area contributed by atoms with Gasteiger partial charge in [-0.15, -0.1) is 0 Å². The molecule has 0 saturated carbocycles. The molecule has 1 N–H and O–H groups in total. The van der Waals surface area contributed by atoms with E-state index in [0.29, 0.717) is 11.5 Å². The van der Waals surface area contributed by atoms with Crippen molar-refractivity contribution in [3.63, 3.8) is 0 Å². The van der Waals surface area contributed by atoms with Crippen LogP contribution in [0.4, 0.5) is 0 Å². The van der Waals surface area contributed by atoms with E-state index in [1.165, 1.54) is 0 Å². The van der Waals surface area contributed by atoms with Gasteiger partial charge in [0.15, 0.2) is 0 Å². The van der Waals surface area contributed by atoms with Crippen LogP contribution < -0.4 is 4.74 Å². The van der Waals surface area contributed by atoms with Crippen LogP contribution in [-0.4, -0.2) is 36.3 Å². The molecule has 0 aliphatic carbocycles. The third-order valence-corrected chi connectivity index (χ3v) is 3.79. The first kappa shape index (κ1) is 13.9. The molecule has 19 heavy (non-hydrogen) atoms.